The smallest absolute Gasteiger partial charge is 0.346 e. The summed E-state index contributed by atoms with van der Waals surface area (Å²) in [6.07, 6.45) is 2.47. The van der Waals surface area contributed by atoms with Crippen molar-refractivity contribution in [2.75, 3.05) is 6.54 Å². The molecule has 0 bridgehead atoms. The van der Waals surface area contributed by atoms with E-state index in [-0.39, 0.29) is 11.7 Å². The first kappa shape index (κ1) is 8.18. The summed E-state index contributed by atoms with van der Waals surface area (Å²) in [4.78, 5) is 10.1. The normalized spacial score (nSPS) is 25.9. The topological polar surface area (TPSA) is 97.8 Å². The van der Waals surface area contributed by atoms with E-state index in [9.17, 15) is 10.1 Å². The van der Waals surface area contributed by atoms with Gasteiger partial charge in [-0.1, -0.05) is 5.10 Å². The molecule has 0 amide bonds. The van der Waals surface area contributed by atoms with Crippen LogP contribution in [0.25, 0.3) is 0 Å². The van der Waals surface area contributed by atoms with Crippen LogP contribution in [0.15, 0.2) is 6.20 Å². The Morgan fingerprint density at radius 2 is 2.62 bits per heavy atom. The van der Waals surface area contributed by atoms with E-state index in [0.29, 0.717) is 18.0 Å². The first-order valence-corrected chi connectivity index (χ1v) is 4.11. The second-order valence-electron chi connectivity index (χ2n) is 3.27. The number of H-pyrrole nitrogens is 1. The van der Waals surface area contributed by atoms with Crippen LogP contribution >= 0.6 is 0 Å². The predicted octanol–water partition coefficient (Wildman–Crippen LogP) is 0.380. The molecule has 1 heterocycles. The van der Waals surface area contributed by atoms with E-state index in [4.69, 9.17) is 5.73 Å². The number of rotatable bonds is 3. The third kappa shape index (κ3) is 1.29. The molecule has 1 aromatic rings. The lowest BCUT2D eigenvalue weighted by Crippen LogP contribution is -2.02. The Bertz CT molecular complexity index is 335. The zero-order valence-electron chi connectivity index (χ0n) is 6.93. The van der Waals surface area contributed by atoms with E-state index in [0.717, 1.165) is 6.42 Å². The van der Waals surface area contributed by atoms with Gasteiger partial charge in [0.1, 0.15) is 0 Å². The van der Waals surface area contributed by atoms with Crippen LogP contribution in [0.5, 0.6) is 0 Å². The Balaban J connectivity index is 2.22. The summed E-state index contributed by atoms with van der Waals surface area (Å²) < 4.78 is 0. The third-order valence-corrected chi connectivity index (χ3v) is 2.45. The first-order chi connectivity index (χ1) is 6.24. The lowest BCUT2D eigenvalue weighted by atomic mass is 10.2. The predicted molar refractivity (Wildman–Crippen MR) is 45.1 cm³/mol. The largest absolute Gasteiger partial charge is 0.358 e. The third-order valence-electron chi connectivity index (χ3n) is 2.45. The lowest BCUT2D eigenvalue weighted by Gasteiger charge is -1.94. The number of nitrogens with two attached hydrogens (primary N) is 1. The minimum atomic E-state index is -0.436. The summed E-state index contributed by atoms with van der Waals surface area (Å²) >= 11 is 0. The molecule has 0 spiro atoms. The molecule has 1 fully saturated rings. The van der Waals surface area contributed by atoms with Crippen molar-refractivity contribution in [2.24, 2.45) is 11.7 Å². The first-order valence-electron chi connectivity index (χ1n) is 4.11. The van der Waals surface area contributed by atoms with Crippen molar-refractivity contribution >= 4 is 5.82 Å². The monoisotopic (exact) mass is 182 g/mol. The second-order valence-corrected chi connectivity index (χ2v) is 3.27. The molecule has 13 heavy (non-hydrogen) atoms. The van der Waals surface area contributed by atoms with Gasteiger partial charge in [0.2, 0.25) is 0 Å². The molecule has 0 aliphatic heterocycles. The minimum Gasteiger partial charge on any atom is -0.358 e. The van der Waals surface area contributed by atoms with Crippen LogP contribution in [0.3, 0.4) is 0 Å². The van der Waals surface area contributed by atoms with E-state index < -0.39 is 4.92 Å². The lowest BCUT2D eigenvalue weighted by molar-refractivity contribution is -0.390. The molecule has 1 aliphatic carbocycles. The van der Waals surface area contributed by atoms with E-state index in [1.165, 1.54) is 6.20 Å². The van der Waals surface area contributed by atoms with Gasteiger partial charge in [0.25, 0.3) is 0 Å². The number of aromatic nitrogens is 2. The van der Waals surface area contributed by atoms with Crippen molar-refractivity contribution in [3.05, 3.63) is 21.9 Å². The fraction of sp³-hybridized carbons (Fsp3) is 0.571. The maximum Gasteiger partial charge on any atom is 0.346 e. The van der Waals surface area contributed by atoms with Gasteiger partial charge in [-0.05, 0) is 29.7 Å². The van der Waals surface area contributed by atoms with Crippen molar-refractivity contribution in [3.8, 4) is 0 Å². The molecule has 0 aromatic carbocycles. The Labute approximate surface area is 74.3 Å². The summed E-state index contributed by atoms with van der Waals surface area (Å²) in [5, 5.41) is 16.6. The quantitative estimate of drug-likeness (QED) is 0.521. The number of nitrogens with one attached hydrogen (secondary N) is 1. The molecule has 3 N–H and O–H groups in total. The number of aromatic amines is 1. The van der Waals surface area contributed by atoms with Gasteiger partial charge < -0.3 is 15.8 Å². The molecule has 70 valence electrons. The van der Waals surface area contributed by atoms with Gasteiger partial charge in [0, 0.05) is 0 Å². The zero-order valence-corrected chi connectivity index (χ0v) is 6.93. The van der Waals surface area contributed by atoms with Crippen molar-refractivity contribution in [1.29, 1.82) is 0 Å². The molecular weight excluding hydrogens is 172 g/mol. The van der Waals surface area contributed by atoms with Gasteiger partial charge in [-0.25, -0.2) is 0 Å². The molecule has 1 aromatic heterocycles. The average Bonchev–Trinajstić information content (AvgIpc) is 2.72. The van der Waals surface area contributed by atoms with Gasteiger partial charge in [0.05, 0.1) is 11.8 Å². The molecule has 6 heteroatoms. The van der Waals surface area contributed by atoms with Crippen LogP contribution in [0.4, 0.5) is 5.82 Å². The van der Waals surface area contributed by atoms with Crippen LogP contribution in [0, 0.1) is 16.0 Å². The van der Waals surface area contributed by atoms with Crippen LogP contribution in [-0.2, 0) is 0 Å². The fourth-order valence-corrected chi connectivity index (χ4v) is 1.60. The Hall–Kier alpha value is -1.43. The van der Waals surface area contributed by atoms with Crippen LogP contribution in [0.2, 0.25) is 0 Å². The summed E-state index contributed by atoms with van der Waals surface area (Å²) in [5.74, 6) is 0.654. The highest BCUT2D eigenvalue weighted by Gasteiger charge is 2.41. The van der Waals surface area contributed by atoms with Gasteiger partial charge in [0.15, 0.2) is 0 Å². The van der Waals surface area contributed by atoms with Crippen molar-refractivity contribution in [1.82, 2.24) is 10.2 Å². The molecular formula is C7H10N4O2. The number of hydrogen-bond acceptors (Lipinski definition) is 4. The van der Waals surface area contributed by atoms with E-state index in [1.807, 2.05) is 0 Å². The summed E-state index contributed by atoms with van der Waals surface area (Å²) in [6.45, 7) is 0.590. The minimum absolute atomic E-state index is 0.0148. The second kappa shape index (κ2) is 2.81. The molecule has 2 atom stereocenters. The van der Waals surface area contributed by atoms with Gasteiger partial charge in [-0.15, -0.1) is 5.10 Å². The Morgan fingerprint density at radius 3 is 3.15 bits per heavy atom. The number of nitrogens with zero attached hydrogens (tertiary/aromatic N) is 2. The van der Waals surface area contributed by atoms with E-state index >= 15 is 0 Å². The summed E-state index contributed by atoms with van der Waals surface area (Å²) in [5.41, 5.74) is 6.15. The Morgan fingerprint density at radius 1 is 1.85 bits per heavy atom. The molecule has 0 radical (unpaired) electrons. The molecule has 2 rings (SSSR count). The fourth-order valence-electron chi connectivity index (χ4n) is 1.60. The van der Waals surface area contributed by atoms with Gasteiger partial charge >= 0.3 is 5.82 Å². The Kier molecular flexibility index (Phi) is 1.77. The van der Waals surface area contributed by atoms with E-state index in [1.54, 1.807) is 0 Å². The molecule has 0 saturated heterocycles. The molecule has 6 nitrogen and oxygen atoms in total. The zero-order chi connectivity index (χ0) is 9.42. The summed E-state index contributed by atoms with van der Waals surface area (Å²) in [7, 11) is 0. The van der Waals surface area contributed by atoms with Gasteiger partial charge in [-0.3, -0.25) is 0 Å². The molecule has 2 unspecified atom stereocenters. The maximum absolute atomic E-state index is 10.5. The van der Waals surface area contributed by atoms with Crippen LogP contribution in [-0.4, -0.2) is 21.7 Å². The number of hydrogen-bond donors (Lipinski definition) is 2. The number of nitro groups is 1. The average molecular weight is 182 g/mol. The van der Waals surface area contributed by atoms with Crippen molar-refractivity contribution in [3.63, 3.8) is 0 Å². The highest BCUT2D eigenvalue weighted by atomic mass is 16.6. The standard InChI is InChI=1S/C7H10N4O2/c8-2-4-1-5(4)6-3-9-10-7(6)11(12)13/h3-5H,1-2,8H2,(H,9,10). The summed E-state index contributed by atoms with van der Waals surface area (Å²) in [6, 6.07) is 0. The molecule has 1 saturated carbocycles. The van der Waals surface area contributed by atoms with Crippen LogP contribution < -0.4 is 5.73 Å². The van der Waals surface area contributed by atoms with E-state index in [2.05, 4.69) is 10.2 Å². The van der Waals surface area contributed by atoms with Gasteiger partial charge in [-0.2, -0.15) is 0 Å². The SMILES string of the molecule is NCC1CC1c1cn[nH]c1[N+](=O)[O-]. The highest BCUT2D eigenvalue weighted by Crippen LogP contribution is 2.48. The van der Waals surface area contributed by atoms with Crippen molar-refractivity contribution in [2.45, 2.75) is 12.3 Å². The van der Waals surface area contributed by atoms with Crippen molar-refractivity contribution < 1.29 is 4.92 Å². The highest BCUT2D eigenvalue weighted by molar-refractivity contribution is 5.37. The van der Waals surface area contributed by atoms with Crippen LogP contribution in [0.1, 0.15) is 17.9 Å². The molecule has 1 aliphatic rings. The maximum atomic E-state index is 10.5.